The predicted octanol–water partition coefficient (Wildman–Crippen LogP) is 3.57. The fourth-order valence-corrected chi connectivity index (χ4v) is 8.08. The van der Waals surface area contributed by atoms with Crippen molar-refractivity contribution >= 4 is 5.78 Å². The molecule has 116 valence electrons. The van der Waals surface area contributed by atoms with Crippen LogP contribution < -0.4 is 0 Å². The lowest BCUT2D eigenvalue weighted by Gasteiger charge is -2.59. The number of carbonyl (C=O) groups is 1. The summed E-state index contributed by atoms with van der Waals surface area (Å²) in [7, 11) is 0. The Hall–Kier alpha value is -0.370. The standard InChI is InChI=1S/C19H28O2/c1-17-7-6-14-12(13(17)3-4-15(17)20)9-16(21)19-10-11(19)5-8-18(14,19)2/h11-14,16,21H,3-10H2,1-2H3/t11-,12-,13-,14-,16+,17-,18+,19-/m0/s1. The van der Waals surface area contributed by atoms with Crippen LogP contribution in [0.5, 0.6) is 0 Å². The van der Waals surface area contributed by atoms with Gasteiger partial charge in [0.15, 0.2) is 0 Å². The van der Waals surface area contributed by atoms with Gasteiger partial charge >= 0.3 is 0 Å². The summed E-state index contributed by atoms with van der Waals surface area (Å²) in [5.74, 6) is 3.28. The number of fused-ring (bicyclic) bond motifs is 4. The van der Waals surface area contributed by atoms with Gasteiger partial charge in [0.05, 0.1) is 6.10 Å². The van der Waals surface area contributed by atoms with Crippen molar-refractivity contribution in [3.8, 4) is 0 Å². The number of carbonyl (C=O) groups excluding carboxylic acids is 1. The van der Waals surface area contributed by atoms with Gasteiger partial charge in [-0.2, -0.15) is 0 Å². The molecular formula is C19H28O2. The van der Waals surface area contributed by atoms with Gasteiger partial charge in [-0.1, -0.05) is 13.8 Å². The summed E-state index contributed by atoms with van der Waals surface area (Å²) in [4.78, 5) is 12.4. The molecule has 0 unspecified atom stereocenters. The molecule has 0 aromatic heterocycles. The van der Waals surface area contributed by atoms with E-state index in [2.05, 4.69) is 13.8 Å². The number of hydrogen-bond acceptors (Lipinski definition) is 2. The second kappa shape index (κ2) is 3.58. The normalized spacial score (nSPS) is 64.5. The number of ketones is 1. The van der Waals surface area contributed by atoms with Crippen LogP contribution in [0.1, 0.15) is 65.2 Å². The topological polar surface area (TPSA) is 37.3 Å². The molecule has 2 nitrogen and oxygen atoms in total. The number of aliphatic hydroxyl groups excluding tert-OH is 1. The molecule has 0 heterocycles. The zero-order valence-corrected chi connectivity index (χ0v) is 13.4. The molecule has 21 heavy (non-hydrogen) atoms. The Morgan fingerprint density at radius 3 is 2.67 bits per heavy atom. The molecule has 0 bridgehead atoms. The molecule has 0 amide bonds. The molecule has 0 aromatic rings. The van der Waals surface area contributed by atoms with Gasteiger partial charge in [-0.3, -0.25) is 4.79 Å². The lowest BCUT2D eigenvalue weighted by Crippen LogP contribution is -2.56. The van der Waals surface area contributed by atoms with Crippen LogP contribution in [0.25, 0.3) is 0 Å². The van der Waals surface area contributed by atoms with Crippen LogP contribution in [-0.4, -0.2) is 17.0 Å². The van der Waals surface area contributed by atoms with Gasteiger partial charge in [-0.15, -0.1) is 0 Å². The number of rotatable bonds is 0. The molecule has 0 saturated heterocycles. The summed E-state index contributed by atoms with van der Waals surface area (Å²) in [5, 5.41) is 11.0. The predicted molar refractivity (Wildman–Crippen MR) is 80.6 cm³/mol. The lowest BCUT2D eigenvalue weighted by atomic mass is 9.46. The van der Waals surface area contributed by atoms with E-state index >= 15 is 0 Å². The molecule has 8 atom stereocenters. The Morgan fingerprint density at radius 2 is 1.90 bits per heavy atom. The van der Waals surface area contributed by atoms with Crippen LogP contribution in [0, 0.1) is 39.9 Å². The minimum absolute atomic E-state index is 0.0523. The Kier molecular flexibility index (Phi) is 2.23. The average Bonchev–Trinajstić information content (AvgIpc) is 3.01. The first-order valence-electron chi connectivity index (χ1n) is 9.15. The van der Waals surface area contributed by atoms with E-state index in [9.17, 15) is 9.90 Å². The molecule has 0 radical (unpaired) electrons. The van der Waals surface area contributed by atoms with Crippen molar-refractivity contribution in [3.63, 3.8) is 0 Å². The van der Waals surface area contributed by atoms with Crippen molar-refractivity contribution in [3.05, 3.63) is 0 Å². The van der Waals surface area contributed by atoms with Crippen molar-refractivity contribution in [2.24, 2.45) is 39.9 Å². The molecule has 1 N–H and O–H groups in total. The third kappa shape index (κ3) is 1.22. The largest absolute Gasteiger partial charge is 0.393 e. The molecule has 5 fully saturated rings. The maximum absolute atomic E-state index is 12.4. The van der Waals surface area contributed by atoms with E-state index < -0.39 is 0 Å². The van der Waals surface area contributed by atoms with Crippen molar-refractivity contribution < 1.29 is 9.90 Å². The summed E-state index contributed by atoms with van der Waals surface area (Å²) in [5.41, 5.74) is 0.598. The number of Topliss-reactive ketones (excluding diaryl/α,β-unsaturated/α-hetero) is 1. The third-order valence-electron chi connectivity index (χ3n) is 9.28. The summed E-state index contributed by atoms with van der Waals surface area (Å²) in [6, 6.07) is 0. The Morgan fingerprint density at radius 1 is 1.10 bits per heavy atom. The highest BCUT2D eigenvalue weighted by atomic mass is 16.3. The summed E-state index contributed by atoms with van der Waals surface area (Å²) < 4.78 is 0. The minimum atomic E-state index is -0.0886. The molecule has 2 heteroatoms. The van der Waals surface area contributed by atoms with Gasteiger partial charge in [0.1, 0.15) is 5.78 Å². The quantitative estimate of drug-likeness (QED) is 0.740. The van der Waals surface area contributed by atoms with E-state index in [-0.39, 0.29) is 16.9 Å². The maximum atomic E-state index is 12.4. The molecule has 5 aliphatic carbocycles. The summed E-state index contributed by atoms with van der Waals surface area (Å²) in [6.07, 6.45) is 9.10. The SMILES string of the molecule is C[C@]12CC[C@H]3[C@@H](C[C@@H](O)[C@]45C[C@@H]4CC[C@]35C)[C@@H]1CCC2=O. The Labute approximate surface area is 127 Å². The lowest BCUT2D eigenvalue weighted by molar-refractivity contribution is -0.154. The third-order valence-corrected chi connectivity index (χ3v) is 9.28. The fraction of sp³-hybridized carbons (Fsp3) is 0.947. The first-order chi connectivity index (χ1) is 9.93. The van der Waals surface area contributed by atoms with Crippen LogP contribution in [-0.2, 0) is 4.79 Å². The van der Waals surface area contributed by atoms with Gasteiger partial charge in [0, 0.05) is 17.3 Å². The molecular weight excluding hydrogens is 260 g/mol. The van der Waals surface area contributed by atoms with Crippen LogP contribution in [0.3, 0.4) is 0 Å². The minimum Gasteiger partial charge on any atom is -0.393 e. The number of hydrogen-bond donors (Lipinski definition) is 1. The van der Waals surface area contributed by atoms with Crippen molar-refractivity contribution in [1.82, 2.24) is 0 Å². The van der Waals surface area contributed by atoms with Crippen LogP contribution >= 0.6 is 0 Å². The van der Waals surface area contributed by atoms with Crippen LogP contribution in [0.15, 0.2) is 0 Å². The van der Waals surface area contributed by atoms with Crippen molar-refractivity contribution in [2.75, 3.05) is 0 Å². The molecule has 5 aliphatic rings. The second-order valence-corrected chi connectivity index (χ2v) is 9.44. The van der Waals surface area contributed by atoms with E-state index in [1.807, 2.05) is 0 Å². The van der Waals surface area contributed by atoms with Gasteiger partial charge in [-0.25, -0.2) is 0 Å². The van der Waals surface area contributed by atoms with Crippen LogP contribution in [0.2, 0.25) is 0 Å². The van der Waals surface area contributed by atoms with E-state index in [1.54, 1.807) is 0 Å². The Bertz CT molecular complexity index is 528. The summed E-state index contributed by atoms with van der Waals surface area (Å²) >= 11 is 0. The van der Waals surface area contributed by atoms with Crippen molar-refractivity contribution in [2.45, 2.75) is 71.3 Å². The molecule has 5 rings (SSSR count). The Balaban J connectivity index is 1.57. The van der Waals surface area contributed by atoms with Gasteiger partial charge < -0.3 is 5.11 Å². The molecule has 0 aliphatic heterocycles. The zero-order chi connectivity index (χ0) is 14.6. The first-order valence-corrected chi connectivity index (χ1v) is 9.15. The van der Waals surface area contributed by atoms with Crippen molar-refractivity contribution in [1.29, 1.82) is 0 Å². The monoisotopic (exact) mass is 288 g/mol. The van der Waals surface area contributed by atoms with E-state index in [1.165, 1.54) is 25.7 Å². The van der Waals surface area contributed by atoms with Crippen LogP contribution in [0.4, 0.5) is 0 Å². The van der Waals surface area contributed by atoms with Gasteiger partial charge in [0.2, 0.25) is 0 Å². The van der Waals surface area contributed by atoms with E-state index in [0.717, 1.165) is 37.5 Å². The number of aliphatic hydroxyl groups is 1. The maximum Gasteiger partial charge on any atom is 0.139 e. The molecule has 5 saturated carbocycles. The summed E-state index contributed by atoms with van der Waals surface area (Å²) in [6.45, 7) is 4.73. The van der Waals surface area contributed by atoms with E-state index in [4.69, 9.17) is 0 Å². The highest BCUT2D eigenvalue weighted by Gasteiger charge is 2.77. The molecule has 1 spiro atoms. The first kappa shape index (κ1) is 13.1. The van der Waals surface area contributed by atoms with E-state index in [0.29, 0.717) is 23.0 Å². The highest BCUT2D eigenvalue weighted by molar-refractivity contribution is 5.87. The highest BCUT2D eigenvalue weighted by Crippen LogP contribution is 2.81. The average molecular weight is 288 g/mol. The molecule has 0 aromatic carbocycles. The smallest absolute Gasteiger partial charge is 0.139 e. The second-order valence-electron chi connectivity index (χ2n) is 9.44. The van der Waals surface area contributed by atoms with Gasteiger partial charge in [0.25, 0.3) is 0 Å². The zero-order valence-electron chi connectivity index (χ0n) is 13.4. The van der Waals surface area contributed by atoms with Gasteiger partial charge in [-0.05, 0) is 74.0 Å². The fourth-order valence-electron chi connectivity index (χ4n) is 8.08.